The Morgan fingerprint density at radius 3 is 2.65 bits per heavy atom. The number of nitrogens with zero attached hydrogens (tertiary/aromatic N) is 3. The molecule has 20 heavy (non-hydrogen) atoms. The second-order valence-corrected chi connectivity index (χ2v) is 5.53. The number of hydrogen-bond donors (Lipinski definition) is 1. The van der Waals surface area contributed by atoms with Gasteiger partial charge in [0.2, 0.25) is 0 Å². The Morgan fingerprint density at radius 2 is 2.05 bits per heavy atom. The first-order valence-corrected chi connectivity index (χ1v) is 7.30. The lowest BCUT2D eigenvalue weighted by Crippen LogP contribution is -2.00. The van der Waals surface area contributed by atoms with Gasteiger partial charge in [-0.05, 0) is 13.8 Å². The van der Waals surface area contributed by atoms with E-state index in [9.17, 15) is 0 Å². The molecular weight excluding hydrogens is 274 g/mol. The minimum absolute atomic E-state index is 0.000305. The standard InChI is InChI=1S/C14H19N3O2S/c1-9-5-15-12(10(2)13(9)19-4)8-20-14-16-6-11(7-18)17(14)3/h5-6,18H,7-8H2,1-4H3. The molecule has 0 unspecified atom stereocenters. The summed E-state index contributed by atoms with van der Waals surface area (Å²) in [5, 5.41) is 10.0. The molecule has 0 bridgehead atoms. The van der Waals surface area contributed by atoms with Crippen LogP contribution in [0.25, 0.3) is 0 Å². The van der Waals surface area contributed by atoms with Gasteiger partial charge in [0.25, 0.3) is 0 Å². The van der Waals surface area contributed by atoms with E-state index in [2.05, 4.69) is 9.97 Å². The van der Waals surface area contributed by atoms with Crippen molar-refractivity contribution in [2.45, 2.75) is 31.4 Å². The zero-order chi connectivity index (χ0) is 14.7. The van der Waals surface area contributed by atoms with Crippen LogP contribution in [-0.2, 0) is 19.4 Å². The summed E-state index contributed by atoms with van der Waals surface area (Å²) in [5.74, 6) is 1.62. The third kappa shape index (κ3) is 2.81. The van der Waals surface area contributed by atoms with E-state index in [1.807, 2.05) is 31.7 Å². The highest BCUT2D eigenvalue weighted by Gasteiger charge is 2.12. The summed E-state index contributed by atoms with van der Waals surface area (Å²) in [6, 6.07) is 0. The van der Waals surface area contributed by atoms with Crippen LogP contribution in [0.15, 0.2) is 17.6 Å². The van der Waals surface area contributed by atoms with Crippen molar-refractivity contribution in [1.82, 2.24) is 14.5 Å². The van der Waals surface area contributed by atoms with Crippen molar-refractivity contribution in [3.8, 4) is 5.75 Å². The Hall–Kier alpha value is -1.53. The molecule has 0 radical (unpaired) electrons. The molecule has 0 aliphatic rings. The minimum atomic E-state index is -0.000305. The van der Waals surface area contributed by atoms with Crippen LogP contribution < -0.4 is 4.74 Å². The van der Waals surface area contributed by atoms with Gasteiger partial charge in [-0.3, -0.25) is 4.98 Å². The average Bonchev–Trinajstić information content (AvgIpc) is 2.79. The van der Waals surface area contributed by atoms with Crippen molar-refractivity contribution in [1.29, 1.82) is 0 Å². The first kappa shape index (κ1) is 14.9. The fourth-order valence-electron chi connectivity index (χ4n) is 2.06. The maximum Gasteiger partial charge on any atom is 0.168 e. The molecule has 0 aromatic carbocycles. The van der Waals surface area contributed by atoms with Crippen LogP contribution >= 0.6 is 11.8 Å². The summed E-state index contributed by atoms with van der Waals surface area (Å²) < 4.78 is 7.30. The highest BCUT2D eigenvalue weighted by molar-refractivity contribution is 7.98. The number of ether oxygens (including phenoxy) is 1. The van der Waals surface area contributed by atoms with Gasteiger partial charge < -0.3 is 14.4 Å². The van der Waals surface area contributed by atoms with E-state index in [0.717, 1.165) is 39.2 Å². The number of aliphatic hydroxyl groups is 1. The zero-order valence-corrected chi connectivity index (χ0v) is 13.0. The highest BCUT2D eigenvalue weighted by Crippen LogP contribution is 2.28. The lowest BCUT2D eigenvalue weighted by atomic mass is 10.1. The third-order valence-electron chi connectivity index (χ3n) is 3.29. The summed E-state index contributed by atoms with van der Waals surface area (Å²) >= 11 is 1.60. The summed E-state index contributed by atoms with van der Waals surface area (Å²) in [5.41, 5.74) is 3.90. The zero-order valence-electron chi connectivity index (χ0n) is 12.2. The molecule has 2 rings (SSSR count). The van der Waals surface area contributed by atoms with Gasteiger partial charge in [-0.15, -0.1) is 0 Å². The number of aromatic nitrogens is 3. The summed E-state index contributed by atoms with van der Waals surface area (Å²) in [6.45, 7) is 4.01. The summed E-state index contributed by atoms with van der Waals surface area (Å²) in [6.07, 6.45) is 3.53. The van der Waals surface area contributed by atoms with Gasteiger partial charge in [0, 0.05) is 30.1 Å². The quantitative estimate of drug-likeness (QED) is 0.857. The average molecular weight is 293 g/mol. The number of rotatable bonds is 5. The lowest BCUT2D eigenvalue weighted by molar-refractivity contribution is 0.271. The van der Waals surface area contributed by atoms with E-state index in [1.54, 1.807) is 25.1 Å². The second kappa shape index (κ2) is 6.28. The van der Waals surface area contributed by atoms with Gasteiger partial charge in [0.15, 0.2) is 5.16 Å². The second-order valence-electron chi connectivity index (χ2n) is 4.58. The topological polar surface area (TPSA) is 60.2 Å². The monoisotopic (exact) mass is 293 g/mol. The molecule has 0 spiro atoms. The van der Waals surface area contributed by atoms with E-state index in [-0.39, 0.29) is 6.61 Å². The van der Waals surface area contributed by atoms with E-state index in [4.69, 9.17) is 9.84 Å². The smallest absolute Gasteiger partial charge is 0.168 e. The number of imidazole rings is 1. The van der Waals surface area contributed by atoms with Crippen molar-refractivity contribution >= 4 is 11.8 Å². The maximum atomic E-state index is 9.16. The molecule has 0 aliphatic carbocycles. The fraction of sp³-hybridized carbons (Fsp3) is 0.429. The van der Waals surface area contributed by atoms with Crippen molar-refractivity contribution < 1.29 is 9.84 Å². The van der Waals surface area contributed by atoms with Crippen LogP contribution in [0.1, 0.15) is 22.5 Å². The van der Waals surface area contributed by atoms with Crippen LogP contribution in [0.2, 0.25) is 0 Å². The molecule has 0 amide bonds. The third-order valence-corrected chi connectivity index (χ3v) is 4.35. The number of aliphatic hydroxyl groups excluding tert-OH is 1. The van der Waals surface area contributed by atoms with Gasteiger partial charge >= 0.3 is 0 Å². The van der Waals surface area contributed by atoms with E-state index < -0.39 is 0 Å². The predicted octanol–water partition coefficient (Wildman–Crippen LogP) is 2.23. The van der Waals surface area contributed by atoms with Crippen LogP contribution in [0, 0.1) is 13.8 Å². The van der Waals surface area contributed by atoms with Crippen LogP contribution in [0.4, 0.5) is 0 Å². The van der Waals surface area contributed by atoms with Crippen LogP contribution in [0.5, 0.6) is 5.75 Å². The summed E-state index contributed by atoms with van der Waals surface area (Å²) in [4.78, 5) is 8.77. The van der Waals surface area contributed by atoms with Crippen molar-refractivity contribution in [3.63, 3.8) is 0 Å². The molecule has 6 heteroatoms. The van der Waals surface area contributed by atoms with Gasteiger partial charge in [-0.1, -0.05) is 11.8 Å². The molecule has 0 saturated heterocycles. The number of thioether (sulfide) groups is 1. The van der Waals surface area contributed by atoms with Gasteiger partial charge in [0.1, 0.15) is 5.75 Å². The van der Waals surface area contributed by atoms with E-state index in [0.29, 0.717) is 0 Å². The Labute approximate surface area is 123 Å². The minimum Gasteiger partial charge on any atom is -0.496 e. The van der Waals surface area contributed by atoms with Crippen LogP contribution in [-0.4, -0.2) is 26.8 Å². The SMILES string of the molecule is COc1c(C)cnc(CSc2ncc(CO)n2C)c1C. The van der Waals surface area contributed by atoms with Gasteiger partial charge in [0.05, 0.1) is 31.3 Å². The molecular formula is C14H19N3O2S. The number of methoxy groups -OCH3 is 1. The fourth-order valence-corrected chi connectivity index (χ4v) is 3.05. The number of aryl methyl sites for hydroxylation is 1. The van der Waals surface area contributed by atoms with Crippen molar-refractivity contribution in [2.24, 2.45) is 7.05 Å². The highest BCUT2D eigenvalue weighted by atomic mass is 32.2. The number of pyridine rings is 1. The summed E-state index contributed by atoms with van der Waals surface area (Å²) in [7, 11) is 3.58. The Bertz CT molecular complexity index is 611. The van der Waals surface area contributed by atoms with E-state index >= 15 is 0 Å². The Morgan fingerprint density at radius 1 is 1.30 bits per heavy atom. The van der Waals surface area contributed by atoms with Gasteiger partial charge in [-0.2, -0.15) is 0 Å². The molecule has 2 aromatic rings. The van der Waals surface area contributed by atoms with E-state index in [1.165, 1.54) is 0 Å². The van der Waals surface area contributed by atoms with Crippen molar-refractivity contribution in [3.05, 3.63) is 34.9 Å². The Balaban J connectivity index is 2.17. The molecule has 2 aromatic heterocycles. The molecule has 0 saturated carbocycles. The molecule has 1 N–H and O–H groups in total. The van der Waals surface area contributed by atoms with Crippen molar-refractivity contribution in [2.75, 3.05) is 7.11 Å². The lowest BCUT2D eigenvalue weighted by Gasteiger charge is -2.12. The molecule has 0 atom stereocenters. The molecule has 0 fully saturated rings. The Kier molecular flexibility index (Phi) is 4.67. The first-order valence-electron chi connectivity index (χ1n) is 6.31. The largest absolute Gasteiger partial charge is 0.496 e. The molecule has 108 valence electrons. The van der Waals surface area contributed by atoms with Crippen LogP contribution in [0.3, 0.4) is 0 Å². The molecule has 2 heterocycles. The molecule has 0 aliphatic heterocycles. The maximum absolute atomic E-state index is 9.16. The number of hydrogen-bond acceptors (Lipinski definition) is 5. The normalized spacial score (nSPS) is 10.8. The van der Waals surface area contributed by atoms with Gasteiger partial charge in [-0.25, -0.2) is 4.98 Å². The first-order chi connectivity index (χ1) is 9.58. The molecule has 5 nitrogen and oxygen atoms in total. The predicted molar refractivity (Wildman–Crippen MR) is 79.0 cm³/mol.